The summed E-state index contributed by atoms with van der Waals surface area (Å²) in [4.78, 5) is 14.6. The first-order valence-corrected chi connectivity index (χ1v) is 4.08. The van der Waals surface area contributed by atoms with Crippen LogP contribution in [-0.2, 0) is 4.79 Å². The molecule has 0 aromatic carbocycles. The minimum atomic E-state index is -0.625. The molecular weight excluding hydrogens is 183 g/mol. The summed E-state index contributed by atoms with van der Waals surface area (Å²) in [5.74, 6) is 1.65. The van der Waals surface area contributed by atoms with Crippen molar-refractivity contribution in [3.63, 3.8) is 0 Å². The fourth-order valence-electron chi connectivity index (χ4n) is 0.869. The first-order chi connectivity index (χ1) is 6.72. The zero-order valence-corrected chi connectivity index (χ0v) is 7.46. The second-order valence-corrected chi connectivity index (χ2v) is 2.60. The number of carbonyl (C=O) groups excluding carboxylic acids is 1. The quantitative estimate of drug-likeness (QED) is 0.583. The molecule has 4 heteroatoms. The minimum absolute atomic E-state index is 0.201. The van der Waals surface area contributed by atoms with E-state index in [4.69, 9.17) is 6.42 Å². The van der Waals surface area contributed by atoms with Crippen LogP contribution in [0.5, 0.6) is 0 Å². The summed E-state index contributed by atoms with van der Waals surface area (Å²) >= 11 is 0. The lowest BCUT2D eigenvalue weighted by atomic mass is 10.3. The molecule has 14 heavy (non-hydrogen) atoms. The van der Waals surface area contributed by atoms with Gasteiger partial charge in [-0.15, -0.1) is 12.3 Å². The number of carbonyl (C=O) groups is 1. The summed E-state index contributed by atoms with van der Waals surface area (Å²) in [7, 11) is 0. The van der Waals surface area contributed by atoms with Gasteiger partial charge in [-0.3, -0.25) is 4.79 Å². The molecule has 1 rings (SSSR count). The molecule has 1 heterocycles. The number of nitrogens with one attached hydrogen (secondary N) is 1. The van der Waals surface area contributed by atoms with Gasteiger partial charge < -0.3 is 5.32 Å². The second-order valence-electron chi connectivity index (χ2n) is 2.60. The van der Waals surface area contributed by atoms with Crippen LogP contribution in [0.25, 0.3) is 0 Å². The smallest absolute Gasteiger partial charge is 0.226 e. The van der Waals surface area contributed by atoms with E-state index in [-0.39, 0.29) is 18.1 Å². The Morgan fingerprint density at radius 2 is 2.43 bits per heavy atom. The van der Waals surface area contributed by atoms with Crippen molar-refractivity contribution in [1.82, 2.24) is 4.98 Å². The van der Waals surface area contributed by atoms with E-state index in [9.17, 15) is 9.18 Å². The fourth-order valence-corrected chi connectivity index (χ4v) is 0.869. The minimum Gasteiger partial charge on any atom is -0.311 e. The SMILES string of the molecule is C#CCCC(=O)Nc1cccc(F)n1. The van der Waals surface area contributed by atoms with Crippen LogP contribution in [0.3, 0.4) is 0 Å². The Labute approximate surface area is 81.4 Å². The van der Waals surface area contributed by atoms with E-state index in [1.54, 1.807) is 0 Å². The Bertz CT molecular complexity index is 371. The molecule has 0 saturated heterocycles. The highest BCUT2D eigenvalue weighted by atomic mass is 19.1. The van der Waals surface area contributed by atoms with Crippen molar-refractivity contribution in [1.29, 1.82) is 0 Å². The van der Waals surface area contributed by atoms with Gasteiger partial charge in [0.25, 0.3) is 0 Å². The zero-order chi connectivity index (χ0) is 10.4. The molecule has 1 N–H and O–H groups in total. The monoisotopic (exact) mass is 192 g/mol. The number of rotatable bonds is 3. The molecule has 0 spiro atoms. The molecule has 0 radical (unpaired) electrons. The standard InChI is InChI=1S/C10H9FN2O/c1-2-3-7-10(14)13-9-6-4-5-8(11)12-9/h1,4-6H,3,7H2,(H,12,13,14). The summed E-state index contributed by atoms with van der Waals surface area (Å²) in [6, 6.07) is 4.19. The van der Waals surface area contributed by atoms with Gasteiger partial charge in [0.15, 0.2) is 0 Å². The first kappa shape index (κ1) is 10.2. The highest BCUT2D eigenvalue weighted by Crippen LogP contribution is 2.04. The lowest BCUT2D eigenvalue weighted by molar-refractivity contribution is -0.116. The number of hydrogen-bond donors (Lipinski definition) is 1. The second kappa shape index (κ2) is 4.97. The van der Waals surface area contributed by atoms with Gasteiger partial charge in [-0.1, -0.05) is 6.07 Å². The van der Waals surface area contributed by atoms with Gasteiger partial charge in [0.05, 0.1) is 0 Å². The Morgan fingerprint density at radius 1 is 1.64 bits per heavy atom. The normalized spacial score (nSPS) is 9.14. The van der Waals surface area contributed by atoms with Crippen molar-refractivity contribution in [3.8, 4) is 12.3 Å². The van der Waals surface area contributed by atoms with Crippen LogP contribution in [0, 0.1) is 18.3 Å². The Morgan fingerprint density at radius 3 is 3.07 bits per heavy atom. The average molecular weight is 192 g/mol. The van der Waals surface area contributed by atoms with Crippen LogP contribution in [0.4, 0.5) is 10.2 Å². The number of hydrogen-bond acceptors (Lipinski definition) is 2. The maximum atomic E-state index is 12.6. The summed E-state index contributed by atoms with van der Waals surface area (Å²) in [5, 5.41) is 2.43. The van der Waals surface area contributed by atoms with Gasteiger partial charge in [-0.25, -0.2) is 4.98 Å². The number of terminal acetylenes is 1. The molecule has 0 fully saturated rings. The Kier molecular flexibility index (Phi) is 3.62. The summed E-state index contributed by atoms with van der Waals surface area (Å²) < 4.78 is 12.6. The zero-order valence-electron chi connectivity index (χ0n) is 7.46. The number of aromatic nitrogens is 1. The largest absolute Gasteiger partial charge is 0.311 e. The van der Waals surface area contributed by atoms with E-state index >= 15 is 0 Å². The molecule has 0 aliphatic rings. The molecule has 1 aromatic heterocycles. The van der Waals surface area contributed by atoms with Gasteiger partial charge in [0.1, 0.15) is 5.82 Å². The molecule has 1 aromatic rings. The highest BCUT2D eigenvalue weighted by Gasteiger charge is 2.02. The molecule has 0 saturated carbocycles. The predicted octanol–water partition coefficient (Wildman–Crippen LogP) is 1.57. The van der Waals surface area contributed by atoms with E-state index < -0.39 is 5.95 Å². The van der Waals surface area contributed by atoms with E-state index in [0.29, 0.717) is 6.42 Å². The highest BCUT2D eigenvalue weighted by molar-refractivity contribution is 5.89. The Hall–Kier alpha value is -1.89. The lowest BCUT2D eigenvalue weighted by Crippen LogP contribution is -2.12. The molecule has 3 nitrogen and oxygen atoms in total. The molecule has 0 aliphatic heterocycles. The molecule has 72 valence electrons. The van der Waals surface area contributed by atoms with Gasteiger partial charge >= 0.3 is 0 Å². The van der Waals surface area contributed by atoms with Gasteiger partial charge in [0, 0.05) is 12.8 Å². The third-order valence-corrected chi connectivity index (χ3v) is 1.48. The molecule has 0 unspecified atom stereocenters. The molecule has 1 amide bonds. The molecule has 0 aliphatic carbocycles. The van der Waals surface area contributed by atoms with E-state index in [0.717, 1.165) is 0 Å². The number of pyridine rings is 1. The van der Waals surface area contributed by atoms with Crippen molar-refractivity contribution in [2.75, 3.05) is 5.32 Å². The predicted molar refractivity (Wildman–Crippen MR) is 50.9 cm³/mol. The number of amides is 1. The van der Waals surface area contributed by atoms with Gasteiger partial charge in [0.2, 0.25) is 11.9 Å². The van der Waals surface area contributed by atoms with Crippen molar-refractivity contribution in [2.45, 2.75) is 12.8 Å². The maximum Gasteiger partial charge on any atom is 0.226 e. The number of anilines is 1. The van der Waals surface area contributed by atoms with Gasteiger partial charge in [-0.05, 0) is 12.1 Å². The molecular formula is C10H9FN2O. The summed E-state index contributed by atoms with van der Waals surface area (Å²) in [6.07, 6.45) is 5.57. The summed E-state index contributed by atoms with van der Waals surface area (Å²) in [5.41, 5.74) is 0. The van der Waals surface area contributed by atoms with Gasteiger partial charge in [-0.2, -0.15) is 4.39 Å². The van der Waals surface area contributed by atoms with E-state index in [1.165, 1.54) is 18.2 Å². The van der Waals surface area contributed by atoms with Crippen LogP contribution in [-0.4, -0.2) is 10.9 Å². The number of halogens is 1. The van der Waals surface area contributed by atoms with Crippen molar-refractivity contribution in [3.05, 3.63) is 24.1 Å². The molecule has 0 atom stereocenters. The third-order valence-electron chi connectivity index (χ3n) is 1.48. The fraction of sp³-hybridized carbons (Fsp3) is 0.200. The third kappa shape index (κ3) is 3.23. The lowest BCUT2D eigenvalue weighted by Gasteiger charge is -2.01. The topological polar surface area (TPSA) is 42.0 Å². The average Bonchev–Trinajstić information content (AvgIpc) is 2.15. The Balaban J connectivity index is 2.53. The van der Waals surface area contributed by atoms with Crippen LogP contribution < -0.4 is 5.32 Å². The molecule has 0 bridgehead atoms. The van der Waals surface area contributed by atoms with Crippen molar-refractivity contribution >= 4 is 11.7 Å². The van der Waals surface area contributed by atoms with Crippen LogP contribution in [0.2, 0.25) is 0 Å². The summed E-state index contributed by atoms with van der Waals surface area (Å²) in [6.45, 7) is 0. The van der Waals surface area contributed by atoms with E-state index in [2.05, 4.69) is 16.2 Å². The maximum absolute atomic E-state index is 12.6. The van der Waals surface area contributed by atoms with Crippen molar-refractivity contribution in [2.24, 2.45) is 0 Å². The van der Waals surface area contributed by atoms with Crippen LogP contribution in [0.15, 0.2) is 18.2 Å². The number of nitrogens with zero attached hydrogens (tertiary/aromatic N) is 1. The van der Waals surface area contributed by atoms with E-state index in [1.807, 2.05) is 0 Å². The van der Waals surface area contributed by atoms with Crippen molar-refractivity contribution < 1.29 is 9.18 Å². The van der Waals surface area contributed by atoms with Crippen LogP contribution >= 0.6 is 0 Å². The van der Waals surface area contributed by atoms with Crippen LogP contribution in [0.1, 0.15) is 12.8 Å². The first-order valence-electron chi connectivity index (χ1n) is 4.08.